The lowest BCUT2D eigenvalue weighted by molar-refractivity contribution is -0.141. The van der Waals surface area contributed by atoms with E-state index >= 15 is 0 Å². The van der Waals surface area contributed by atoms with Crippen molar-refractivity contribution in [2.24, 2.45) is 0 Å². The molecule has 0 saturated heterocycles. The zero-order chi connectivity index (χ0) is 23.3. The van der Waals surface area contributed by atoms with Crippen LogP contribution in [-0.4, -0.2) is 22.2 Å². The van der Waals surface area contributed by atoms with E-state index in [1.807, 2.05) is 19.1 Å². The normalized spacial score (nSPS) is 11.4. The highest BCUT2D eigenvalue weighted by Gasteiger charge is 2.34. The molecule has 170 valence electrons. The molecule has 1 N–H and O–H groups in total. The summed E-state index contributed by atoms with van der Waals surface area (Å²) < 4.78 is 45.3. The van der Waals surface area contributed by atoms with Gasteiger partial charge in [-0.15, -0.1) is 0 Å². The van der Waals surface area contributed by atoms with Gasteiger partial charge in [0.2, 0.25) is 0 Å². The van der Waals surface area contributed by atoms with Crippen molar-refractivity contribution in [3.8, 4) is 5.75 Å². The minimum Gasteiger partial charge on any atom is -0.489 e. The second-order valence-corrected chi connectivity index (χ2v) is 7.84. The molecule has 0 aliphatic carbocycles. The number of aryl methyl sites for hydroxylation is 3. The zero-order valence-corrected chi connectivity index (χ0v) is 18.4. The van der Waals surface area contributed by atoms with Gasteiger partial charge in [0.25, 0.3) is 5.91 Å². The number of carbonyl (C=O) groups excluding carboxylic acids is 1. The van der Waals surface area contributed by atoms with Crippen LogP contribution in [0.15, 0.2) is 48.5 Å². The van der Waals surface area contributed by atoms with Crippen LogP contribution >= 0.6 is 11.6 Å². The van der Waals surface area contributed by atoms with Gasteiger partial charge in [-0.3, -0.25) is 9.48 Å². The Morgan fingerprint density at radius 2 is 1.94 bits per heavy atom. The molecule has 3 aromatic rings. The van der Waals surface area contributed by atoms with Gasteiger partial charge in [0, 0.05) is 29.4 Å². The minimum absolute atomic E-state index is 0.261. The highest BCUT2D eigenvalue weighted by Crippen LogP contribution is 2.28. The summed E-state index contributed by atoms with van der Waals surface area (Å²) in [5.41, 5.74) is 1.74. The predicted molar refractivity (Wildman–Crippen MR) is 116 cm³/mol. The molecule has 0 radical (unpaired) electrons. The molecule has 0 fully saturated rings. The number of ether oxygens (including phenoxy) is 1. The van der Waals surface area contributed by atoms with Gasteiger partial charge in [-0.05, 0) is 67.8 Å². The molecular formula is C23H23ClF3N3O2. The molecule has 1 heterocycles. The fourth-order valence-electron chi connectivity index (χ4n) is 3.15. The monoisotopic (exact) mass is 465 g/mol. The van der Waals surface area contributed by atoms with E-state index < -0.39 is 11.9 Å². The van der Waals surface area contributed by atoms with Gasteiger partial charge in [0.1, 0.15) is 12.4 Å². The summed E-state index contributed by atoms with van der Waals surface area (Å²) in [4.78, 5) is 12.4. The SMILES string of the molecule is Cc1cc(Cl)ccc1OCc1cccc(C(=O)NCCCn2nc(C(F)(F)F)cc2C)c1. The summed E-state index contributed by atoms with van der Waals surface area (Å²) in [6.45, 7) is 4.35. The van der Waals surface area contributed by atoms with Crippen LogP contribution in [0.2, 0.25) is 5.02 Å². The van der Waals surface area contributed by atoms with Gasteiger partial charge in [-0.25, -0.2) is 0 Å². The smallest absolute Gasteiger partial charge is 0.435 e. The van der Waals surface area contributed by atoms with Crippen molar-refractivity contribution in [1.29, 1.82) is 0 Å². The lowest BCUT2D eigenvalue weighted by Gasteiger charge is -2.11. The standard InChI is InChI=1S/C23H23ClF3N3O2/c1-15-11-19(24)7-8-20(15)32-14-17-5-3-6-18(13-17)22(31)28-9-4-10-30-16(2)12-21(29-30)23(25,26)27/h3,5-8,11-13H,4,9-10,14H2,1-2H3,(H,28,31). The summed E-state index contributed by atoms with van der Waals surface area (Å²) in [6, 6.07) is 13.4. The molecule has 0 unspecified atom stereocenters. The molecule has 1 amide bonds. The van der Waals surface area contributed by atoms with Crippen molar-refractivity contribution >= 4 is 17.5 Å². The Kier molecular flexibility index (Phi) is 7.45. The van der Waals surface area contributed by atoms with Crippen LogP contribution in [0.1, 0.15) is 39.3 Å². The van der Waals surface area contributed by atoms with Crippen molar-refractivity contribution in [2.75, 3.05) is 6.54 Å². The number of halogens is 4. The maximum absolute atomic E-state index is 12.7. The highest BCUT2D eigenvalue weighted by atomic mass is 35.5. The van der Waals surface area contributed by atoms with Crippen LogP contribution in [0.25, 0.3) is 0 Å². The number of rotatable bonds is 8. The van der Waals surface area contributed by atoms with E-state index in [0.717, 1.165) is 17.2 Å². The van der Waals surface area contributed by atoms with Gasteiger partial charge in [-0.2, -0.15) is 18.3 Å². The van der Waals surface area contributed by atoms with Crippen LogP contribution < -0.4 is 10.1 Å². The van der Waals surface area contributed by atoms with Crippen LogP contribution in [0.3, 0.4) is 0 Å². The Bertz CT molecular complexity index is 1100. The maximum atomic E-state index is 12.7. The molecule has 2 aromatic carbocycles. The number of amides is 1. The highest BCUT2D eigenvalue weighted by molar-refractivity contribution is 6.30. The van der Waals surface area contributed by atoms with E-state index in [0.29, 0.717) is 41.6 Å². The third kappa shape index (κ3) is 6.26. The molecule has 0 aliphatic rings. The van der Waals surface area contributed by atoms with Crippen LogP contribution in [-0.2, 0) is 19.3 Å². The second kappa shape index (κ2) is 10.1. The molecule has 32 heavy (non-hydrogen) atoms. The van der Waals surface area contributed by atoms with Gasteiger partial charge >= 0.3 is 6.18 Å². The zero-order valence-electron chi connectivity index (χ0n) is 17.7. The Morgan fingerprint density at radius 3 is 2.62 bits per heavy atom. The number of benzene rings is 2. The number of hydrogen-bond donors (Lipinski definition) is 1. The second-order valence-electron chi connectivity index (χ2n) is 7.40. The third-order valence-corrected chi connectivity index (χ3v) is 5.06. The summed E-state index contributed by atoms with van der Waals surface area (Å²) >= 11 is 5.95. The number of aromatic nitrogens is 2. The predicted octanol–water partition coefficient (Wildman–Crippen LogP) is 5.57. The Labute approximate surface area is 189 Å². The van der Waals surface area contributed by atoms with E-state index in [4.69, 9.17) is 16.3 Å². The fourth-order valence-corrected chi connectivity index (χ4v) is 3.37. The molecule has 0 aliphatic heterocycles. The first-order chi connectivity index (χ1) is 15.1. The average molecular weight is 466 g/mol. The van der Waals surface area contributed by atoms with Crippen LogP contribution in [0.5, 0.6) is 5.75 Å². The largest absolute Gasteiger partial charge is 0.489 e. The fraction of sp³-hybridized carbons (Fsp3) is 0.304. The first-order valence-corrected chi connectivity index (χ1v) is 10.4. The summed E-state index contributed by atoms with van der Waals surface area (Å²) in [6.07, 6.45) is -4.02. The molecule has 5 nitrogen and oxygen atoms in total. The Hall–Kier alpha value is -3.00. The number of alkyl halides is 3. The summed E-state index contributed by atoms with van der Waals surface area (Å²) in [5, 5.41) is 7.00. The molecule has 9 heteroatoms. The minimum atomic E-state index is -4.47. The van der Waals surface area contributed by atoms with Crippen molar-refractivity contribution < 1.29 is 22.7 Å². The lowest BCUT2D eigenvalue weighted by atomic mass is 10.1. The van der Waals surface area contributed by atoms with Gasteiger partial charge in [0.05, 0.1) is 0 Å². The lowest BCUT2D eigenvalue weighted by Crippen LogP contribution is -2.25. The van der Waals surface area contributed by atoms with E-state index in [2.05, 4.69) is 10.4 Å². The maximum Gasteiger partial charge on any atom is 0.435 e. The van der Waals surface area contributed by atoms with Crippen LogP contribution in [0.4, 0.5) is 13.2 Å². The Morgan fingerprint density at radius 1 is 1.16 bits per heavy atom. The topological polar surface area (TPSA) is 56.1 Å². The van der Waals surface area contributed by atoms with E-state index in [-0.39, 0.29) is 12.5 Å². The number of nitrogens with zero attached hydrogens (tertiary/aromatic N) is 2. The molecule has 0 atom stereocenters. The third-order valence-electron chi connectivity index (χ3n) is 4.82. The van der Waals surface area contributed by atoms with Crippen LogP contribution in [0, 0.1) is 13.8 Å². The number of carbonyl (C=O) groups is 1. The Balaban J connectivity index is 1.50. The average Bonchev–Trinajstić information content (AvgIpc) is 3.12. The molecule has 0 bridgehead atoms. The summed E-state index contributed by atoms with van der Waals surface area (Å²) in [5.74, 6) is 0.453. The van der Waals surface area contributed by atoms with E-state index in [1.54, 1.807) is 37.3 Å². The molecule has 0 saturated carbocycles. The van der Waals surface area contributed by atoms with Gasteiger partial charge in [-0.1, -0.05) is 23.7 Å². The number of hydrogen-bond acceptors (Lipinski definition) is 3. The quantitative estimate of drug-likeness (QED) is 0.442. The number of nitrogens with one attached hydrogen (secondary N) is 1. The first-order valence-electron chi connectivity index (χ1n) is 10.0. The van der Waals surface area contributed by atoms with Crippen molar-refractivity contribution in [1.82, 2.24) is 15.1 Å². The van der Waals surface area contributed by atoms with Gasteiger partial charge in [0.15, 0.2) is 5.69 Å². The molecule has 0 spiro atoms. The van der Waals surface area contributed by atoms with Crippen molar-refractivity contribution in [3.63, 3.8) is 0 Å². The van der Waals surface area contributed by atoms with Crippen molar-refractivity contribution in [2.45, 2.75) is 39.6 Å². The van der Waals surface area contributed by atoms with Gasteiger partial charge < -0.3 is 10.1 Å². The molecular weight excluding hydrogens is 443 g/mol. The first kappa shape index (κ1) is 23.7. The molecule has 3 rings (SSSR count). The molecule has 1 aromatic heterocycles. The summed E-state index contributed by atoms with van der Waals surface area (Å²) in [7, 11) is 0. The van der Waals surface area contributed by atoms with E-state index in [1.165, 1.54) is 4.68 Å². The van der Waals surface area contributed by atoms with Crippen molar-refractivity contribution in [3.05, 3.63) is 81.6 Å². The van der Waals surface area contributed by atoms with E-state index in [9.17, 15) is 18.0 Å².